The summed E-state index contributed by atoms with van der Waals surface area (Å²) in [4.78, 5) is 5.48. The zero-order valence-corrected chi connectivity index (χ0v) is 23.5. The quantitative estimate of drug-likeness (QED) is 0.213. The molecule has 0 aromatic heterocycles. The van der Waals surface area contributed by atoms with Crippen molar-refractivity contribution < 1.29 is 0 Å². The van der Waals surface area contributed by atoms with E-state index >= 15 is 0 Å². The van der Waals surface area contributed by atoms with Crippen LogP contribution in [0.4, 0.5) is 0 Å². The molecule has 0 aliphatic rings. The van der Waals surface area contributed by atoms with Gasteiger partial charge in [-0.3, -0.25) is 0 Å². The number of benzene rings is 2. The molecule has 0 fully saturated rings. The first-order valence-corrected chi connectivity index (χ1v) is 14.0. The van der Waals surface area contributed by atoms with E-state index in [1.54, 1.807) is 0 Å². The Kier molecular flexibility index (Phi) is 10.1. The highest BCUT2D eigenvalue weighted by Crippen LogP contribution is 2.42. The maximum atomic E-state index is 2.47. The number of rotatable bonds is 6. The molecule has 0 aliphatic heterocycles. The van der Waals surface area contributed by atoms with Crippen LogP contribution in [0.5, 0.6) is 0 Å². The lowest BCUT2D eigenvalue weighted by Gasteiger charge is -2.13. The van der Waals surface area contributed by atoms with E-state index < -0.39 is 0 Å². The molecule has 0 heterocycles. The predicted molar refractivity (Wildman–Crippen MR) is 141 cm³/mol. The summed E-state index contributed by atoms with van der Waals surface area (Å²) < 4.78 is 5.37. The van der Waals surface area contributed by atoms with Gasteiger partial charge < -0.3 is 0 Å². The van der Waals surface area contributed by atoms with Crippen LogP contribution in [-0.4, -0.2) is 11.5 Å². The summed E-state index contributed by atoms with van der Waals surface area (Å²) in [5, 5.41) is 0. The van der Waals surface area contributed by atoms with Crippen LogP contribution in [-0.2, 0) is 0 Å². The standard InChI is InChI=1S/C16H14I4S3/c1-3-21-9-5-11(17)15(12(18)6-9)23-16-13(19)7-10(22-4-2)8-14(16)20/h5-8H,3-4H2,1-2H3. The summed E-state index contributed by atoms with van der Waals surface area (Å²) in [7, 11) is 0. The van der Waals surface area contributed by atoms with Crippen LogP contribution in [0.25, 0.3) is 0 Å². The lowest BCUT2D eigenvalue weighted by atomic mass is 10.4. The minimum absolute atomic E-state index is 1.12. The molecule has 0 saturated carbocycles. The minimum Gasteiger partial charge on any atom is -0.126 e. The highest BCUT2D eigenvalue weighted by atomic mass is 127. The molecular weight excluding hydrogens is 796 g/mol. The predicted octanol–water partition coefficient (Wildman–Crippen LogP) is 8.48. The fraction of sp³-hybridized carbons (Fsp3) is 0.250. The van der Waals surface area contributed by atoms with Gasteiger partial charge in [-0.05, 0) is 126 Å². The Morgan fingerprint density at radius 3 is 1.22 bits per heavy atom. The van der Waals surface area contributed by atoms with Crippen molar-refractivity contribution in [2.24, 2.45) is 0 Å². The van der Waals surface area contributed by atoms with Gasteiger partial charge in [0.1, 0.15) is 0 Å². The summed E-state index contributed by atoms with van der Waals surface area (Å²) in [6.07, 6.45) is 0. The summed E-state index contributed by atoms with van der Waals surface area (Å²) >= 11 is 15.6. The van der Waals surface area contributed by atoms with Gasteiger partial charge in [-0.25, -0.2) is 0 Å². The third-order valence-electron chi connectivity index (χ3n) is 2.77. The first kappa shape index (κ1) is 21.7. The van der Waals surface area contributed by atoms with Crippen molar-refractivity contribution in [1.29, 1.82) is 0 Å². The molecular formula is C16H14I4S3. The molecule has 7 heteroatoms. The third-order valence-corrected chi connectivity index (χ3v) is 10.6. The van der Waals surface area contributed by atoms with Crippen LogP contribution in [0.1, 0.15) is 13.8 Å². The first-order valence-electron chi connectivity index (χ1n) is 6.87. The van der Waals surface area contributed by atoms with Gasteiger partial charge in [-0.1, -0.05) is 25.6 Å². The summed E-state index contributed by atoms with van der Waals surface area (Å²) in [5.74, 6) is 2.23. The second kappa shape index (κ2) is 10.7. The average Bonchev–Trinajstić information content (AvgIpc) is 2.45. The molecule has 0 nitrogen and oxygen atoms in total. The second-order valence-electron chi connectivity index (χ2n) is 4.40. The Hall–Kier alpha value is 2.41. The summed E-state index contributed by atoms with van der Waals surface area (Å²) in [5.41, 5.74) is 0. The van der Waals surface area contributed by atoms with Crippen LogP contribution >= 0.6 is 126 Å². The van der Waals surface area contributed by atoms with E-state index in [0.29, 0.717) is 0 Å². The van der Waals surface area contributed by atoms with Crippen LogP contribution in [0.2, 0.25) is 0 Å². The van der Waals surface area contributed by atoms with Gasteiger partial charge in [0.15, 0.2) is 0 Å². The third kappa shape index (κ3) is 6.22. The molecule has 0 N–H and O–H groups in total. The molecule has 0 atom stereocenters. The fourth-order valence-corrected chi connectivity index (χ4v) is 9.87. The van der Waals surface area contributed by atoms with E-state index in [9.17, 15) is 0 Å². The Bertz CT molecular complexity index is 598. The topological polar surface area (TPSA) is 0 Å². The van der Waals surface area contributed by atoms with Crippen molar-refractivity contribution in [3.63, 3.8) is 0 Å². The molecule has 2 aromatic carbocycles. The van der Waals surface area contributed by atoms with Crippen molar-refractivity contribution >= 4 is 126 Å². The van der Waals surface area contributed by atoms with Crippen molar-refractivity contribution in [1.82, 2.24) is 0 Å². The Morgan fingerprint density at radius 2 is 0.957 bits per heavy atom. The largest absolute Gasteiger partial charge is 0.126 e. The number of hydrogen-bond donors (Lipinski definition) is 0. The maximum Gasteiger partial charge on any atom is 0.0391 e. The highest BCUT2D eigenvalue weighted by molar-refractivity contribution is 14.1. The smallest absolute Gasteiger partial charge is 0.0391 e. The maximum absolute atomic E-state index is 2.47. The Balaban J connectivity index is 2.36. The minimum atomic E-state index is 1.12. The summed E-state index contributed by atoms with van der Waals surface area (Å²) in [6, 6.07) is 9.22. The molecule has 23 heavy (non-hydrogen) atoms. The van der Waals surface area contributed by atoms with Crippen molar-refractivity contribution in [3.8, 4) is 0 Å². The zero-order valence-electron chi connectivity index (χ0n) is 12.5. The van der Waals surface area contributed by atoms with Crippen molar-refractivity contribution in [2.75, 3.05) is 11.5 Å². The van der Waals surface area contributed by atoms with Gasteiger partial charge in [-0.15, -0.1) is 23.5 Å². The van der Waals surface area contributed by atoms with Crippen LogP contribution in [0.15, 0.2) is 43.8 Å². The molecule has 0 spiro atoms. The monoisotopic (exact) mass is 810 g/mol. The number of hydrogen-bond acceptors (Lipinski definition) is 3. The highest BCUT2D eigenvalue weighted by Gasteiger charge is 2.14. The van der Waals surface area contributed by atoms with Gasteiger partial charge >= 0.3 is 0 Å². The fourth-order valence-electron chi connectivity index (χ4n) is 1.87. The molecule has 0 aliphatic carbocycles. The average molecular weight is 810 g/mol. The van der Waals surface area contributed by atoms with E-state index in [1.165, 1.54) is 33.9 Å². The molecule has 0 unspecified atom stereocenters. The molecule has 0 amide bonds. The SMILES string of the molecule is CCSc1cc(I)c(Sc2c(I)cc(SCC)cc2I)c(I)c1. The lowest BCUT2D eigenvalue weighted by Crippen LogP contribution is -1.91. The van der Waals surface area contributed by atoms with Gasteiger partial charge in [0.2, 0.25) is 0 Å². The van der Waals surface area contributed by atoms with E-state index in [-0.39, 0.29) is 0 Å². The van der Waals surface area contributed by atoms with Crippen molar-refractivity contribution in [2.45, 2.75) is 33.4 Å². The Labute approximate surface area is 205 Å². The van der Waals surface area contributed by atoms with Gasteiger partial charge in [0, 0.05) is 33.9 Å². The van der Waals surface area contributed by atoms with E-state index in [2.05, 4.69) is 128 Å². The van der Waals surface area contributed by atoms with Crippen LogP contribution < -0.4 is 0 Å². The van der Waals surface area contributed by atoms with E-state index in [4.69, 9.17) is 0 Å². The molecule has 0 saturated heterocycles. The normalized spacial score (nSPS) is 11.0. The van der Waals surface area contributed by atoms with E-state index in [0.717, 1.165) is 11.5 Å². The molecule has 0 radical (unpaired) electrons. The Morgan fingerprint density at radius 1 is 0.652 bits per heavy atom. The second-order valence-corrected chi connectivity index (χ2v) is 12.7. The van der Waals surface area contributed by atoms with Gasteiger partial charge in [0.05, 0.1) is 0 Å². The van der Waals surface area contributed by atoms with Gasteiger partial charge in [-0.2, -0.15) is 0 Å². The zero-order chi connectivity index (χ0) is 17.0. The van der Waals surface area contributed by atoms with Crippen LogP contribution in [0.3, 0.4) is 0 Å². The number of halogens is 4. The summed E-state index contributed by atoms with van der Waals surface area (Å²) in [6.45, 7) is 4.40. The van der Waals surface area contributed by atoms with Gasteiger partial charge in [0.25, 0.3) is 0 Å². The van der Waals surface area contributed by atoms with Crippen LogP contribution in [0, 0.1) is 14.3 Å². The molecule has 124 valence electrons. The molecule has 2 rings (SSSR count). The molecule has 2 aromatic rings. The molecule has 0 bridgehead atoms. The van der Waals surface area contributed by atoms with E-state index in [1.807, 2.05) is 35.3 Å². The van der Waals surface area contributed by atoms with Crippen molar-refractivity contribution in [3.05, 3.63) is 38.5 Å². The lowest BCUT2D eigenvalue weighted by molar-refractivity contribution is 1.22. The first-order chi connectivity index (χ1) is 11.0. The number of thioether (sulfide) groups is 2.